The number of nitrogens with one attached hydrogen (secondary N) is 1. The van der Waals surface area contributed by atoms with E-state index in [0.717, 1.165) is 22.5 Å². The molecule has 0 aromatic heterocycles. The Kier molecular flexibility index (Phi) is 4.94. The lowest BCUT2D eigenvalue weighted by Gasteiger charge is -2.17. The van der Waals surface area contributed by atoms with Crippen molar-refractivity contribution in [1.82, 2.24) is 0 Å². The molecule has 0 heterocycles. The van der Waals surface area contributed by atoms with Crippen LogP contribution in [0.3, 0.4) is 0 Å². The molecule has 2 rings (SSSR count). The first-order valence-electron chi connectivity index (χ1n) is 7.16. The van der Waals surface area contributed by atoms with Gasteiger partial charge in [0.2, 0.25) is 11.8 Å². The molecule has 0 aliphatic carbocycles. The minimum absolute atomic E-state index is 0.181. The van der Waals surface area contributed by atoms with Crippen molar-refractivity contribution in [2.75, 3.05) is 17.3 Å². The molecule has 0 aliphatic heterocycles. The fourth-order valence-electron chi connectivity index (χ4n) is 2.25. The van der Waals surface area contributed by atoms with E-state index in [2.05, 4.69) is 5.32 Å². The summed E-state index contributed by atoms with van der Waals surface area (Å²) in [5, 5.41) is 2.83. The highest BCUT2D eigenvalue weighted by atomic mass is 16.2. The van der Waals surface area contributed by atoms with Crippen LogP contribution in [0.1, 0.15) is 17.5 Å². The number of carbonyl (C=O) groups excluding carboxylic acids is 2. The second-order valence-electron chi connectivity index (χ2n) is 5.28. The fourth-order valence-corrected chi connectivity index (χ4v) is 2.25. The zero-order chi connectivity index (χ0) is 16.1. The predicted molar refractivity (Wildman–Crippen MR) is 89.0 cm³/mol. The third-order valence-electron chi connectivity index (χ3n) is 3.57. The van der Waals surface area contributed by atoms with Crippen LogP contribution >= 0.6 is 0 Å². The molecule has 4 heteroatoms. The quantitative estimate of drug-likeness (QED) is 0.880. The molecule has 0 radical (unpaired) electrons. The molecule has 2 amide bonds. The summed E-state index contributed by atoms with van der Waals surface area (Å²) in [6, 6.07) is 15.1. The van der Waals surface area contributed by atoms with E-state index in [1.54, 1.807) is 7.05 Å². The highest BCUT2D eigenvalue weighted by Crippen LogP contribution is 2.20. The van der Waals surface area contributed by atoms with Gasteiger partial charge in [-0.15, -0.1) is 0 Å². The van der Waals surface area contributed by atoms with Gasteiger partial charge in [-0.1, -0.05) is 36.4 Å². The molecule has 0 saturated heterocycles. The van der Waals surface area contributed by atoms with Crippen LogP contribution in [0.25, 0.3) is 0 Å². The maximum atomic E-state index is 12.2. The molecule has 0 bridgehead atoms. The molecular formula is C18H20N2O2. The van der Waals surface area contributed by atoms with Gasteiger partial charge in [0.05, 0.1) is 0 Å². The molecule has 1 N–H and O–H groups in total. The number of carbonyl (C=O) groups is 2. The molecule has 22 heavy (non-hydrogen) atoms. The zero-order valence-electron chi connectivity index (χ0n) is 13.1. The fraction of sp³-hybridized carbons (Fsp3) is 0.222. The lowest BCUT2D eigenvalue weighted by Crippen LogP contribution is -2.30. The Bertz CT molecular complexity index is 660. The number of rotatable bonds is 4. The van der Waals surface area contributed by atoms with Crippen molar-refractivity contribution in [3.05, 3.63) is 59.7 Å². The molecule has 0 fully saturated rings. The second-order valence-corrected chi connectivity index (χ2v) is 5.28. The SMILES string of the molecule is Cc1cccc(C)c1NC(=O)CC(=O)N(C)c1ccccc1. The summed E-state index contributed by atoms with van der Waals surface area (Å²) >= 11 is 0. The van der Waals surface area contributed by atoms with Gasteiger partial charge < -0.3 is 10.2 Å². The number of nitrogens with zero attached hydrogens (tertiary/aromatic N) is 1. The summed E-state index contributed by atoms with van der Waals surface area (Å²) in [5.74, 6) is -0.542. The Balaban J connectivity index is 2.02. The minimum Gasteiger partial charge on any atom is -0.325 e. The first kappa shape index (κ1) is 15.8. The summed E-state index contributed by atoms with van der Waals surface area (Å²) in [5.41, 5.74) is 3.52. The van der Waals surface area contributed by atoms with Crippen LogP contribution in [0.15, 0.2) is 48.5 Å². The van der Waals surface area contributed by atoms with Crippen molar-refractivity contribution in [3.8, 4) is 0 Å². The van der Waals surface area contributed by atoms with E-state index in [1.807, 2.05) is 62.4 Å². The average molecular weight is 296 g/mol. The molecule has 0 aliphatic rings. The Labute approximate surface area is 130 Å². The maximum Gasteiger partial charge on any atom is 0.236 e. The Hall–Kier alpha value is -2.62. The van der Waals surface area contributed by atoms with Crippen LogP contribution in [-0.4, -0.2) is 18.9 Å². The van der Waals surface area contributed by atoms with Crippen LogP contribution in [0, 0.1) is 13.8 Å². The number of amides is 2. The maximum absolute atomic E-state index is 12.2. The van der Waals surface area contributed by atoms with Gasteiger partial charge in [0.25, 0.3) is 0 Å². The van der Waals surface area contributed by atoms with Gasteiger partial charge in [-0.05, 0) is 37.1 Å². The van der Waals surface area contributed by atoms with Gasteiger partial charge in [-0.25, -0.2) is 0 Å². The van der Waals surface area contributed by atoms with Crippen molar-refractivity contribution in [3.63, 3.8) is 0 Å². The van der Waals surface area contributed by atoms with Gasteiger partial charge in [-0.2, -0.15) is 0 Å². The van der Waals surface area contributed by atoms with Crippen LogP contribution < -0.4 is 10.2 Å². The van der Waals surface area contributed by atoms with Crippen LogP contribution in [0.5, 0.6) is 0 Å². The minimum atomic E-state index is -0.301. The number of hydrogen-bond acceptors (Lipinski definition) is 2. The second kappa shape index (κ2) is 6.89. The van der Waals surface area contributed by atoms with E-state index in [1.165, 1.54) is 4.90 Å². The Morgan fingerprint density at radius 2 is 1.55 bits per heavy atom. The molecule has 0 unspecified atom stereocenters. The number of anilines is 2. The van der Waals surface area contributed by atoms with Crippen molar-refractivity contribution in [2.45, 2.75) is 20.3 Å². The largest absolute Gasteiger partial charge is 0.325 e. The molecule has 0 saturated carbocycles. The summed E-state index contributed by atoms with van der Waals surface area (Å²) in [7, 11) is 1.67. The van der Waals surface area contributed by atoms with Gasteiger partial charge in [0, 0.05) is 18.4 Å². The van der Waals surface area contributed by atoms with Crippen LogP contribution in [0.4, 0.5) is 11.4 Å². The molecule has 2 aromatic carbocycles. The predicted octanol–water partition coefficient (Wildman–Crippen LogP) is 3.30. The van der Waals surface area contributed by atoms with E-state index < -0.39 is 0 Å². The van der Waals surface area contributed by atoms with Gasteiger partial charge >= 0.3 is 0 Å². The zero-order valence-corrected chi connectivity index (χ0v) is 13.1. The standard InChI is InChI=1S/C18H20N2O2/c1-13-8-7-9-14(2)18(13)19-16(21)12-17(22)20(3)15-10-5-4-6-11-15/h4-11H,12H2,1-3H3,(H,19,21). The third-order valence-corrected chi connectivity index (χ3v) is 3.57. The molecule has 2 aromatic rings. The number of benzene rings is 2. The van der Waals surface area contributed by atoms with Crippen LogP contribution in [0.2, 0.25) is 0 Å². The first-order chi connectivity index (χ1) is 10.5. The lowest BCUT2D eigenvalue weighted by atomic mass is 10.1. The normalized spacial score (nSPS) is 10.1. The smallest absolute Gasteiger partial charge is 0.236 e. The van der Waals surface area contributed by atoms with E-state index in [9.17, 15) is 9.59 Å². The van der Waals surface area contributed by atoms with Gasteiger partial charge in [-0.3, -0.25) is 9.59 Å². The third kappa shape index (κ3) is 3.73. The summed E-state index contributed by atoms with van der Waals surface area (Å²) < 4.78 is 0. The van der Waals surface area contributed by atoms with Crippen molar-refractivity contribution in [1.29, 1.82) is 0 Å². The van der Waals surface area contributed by atoms with Crippen LogP contribution in [-0.2, 0) is 9.59 Å². The molecule has 0 atom stereocenters. The monoisotopic (exact) mass is 296 g/mol. The number of para-hydroxylation sites is 2. The lowest BCUT2D eigenvalue weighted by molar-refractivity contribution is -0.125. The molecule has 0 spiro atoms. The average Bonchev–Trinajstić information content (AvgIpc) is 2.51. The van der Waals surface area contributed by atoms with Crippen molar-refractivity contribution >= 4 is 23.2 Å². The highest BCUT2D eigenvalue weighted by molar-refractivity contribution is 6.09. The summed E-state index contributed by atoms with van der Waals surface area (Å²) in [4.78, 5) is 25.8. The van der Waals surface area contributed by atoms with Gasteiger partial charge in [0.1, 0.15) is 6.42 Å². The Morgan fingerprint density at radius 1 is 0.955 bits per heavy atom. The van der Waals surface area contributed by atoms with E-state index >= 15 is 0 Å². The molecule has 114 valence electrons. The van der Waals surface area contributed by atoms with E-state index in [4.69, 9.17) is 0 Å². The Morgan fingerprint density at radius 3 is 2.14 bits per heavy atom. The topological polar surface area (TPSA) is 49.4 Å². The van der Waals surface area contributed by atoms with Gasteiger partial charge in [0.15, 0.2) is 0 Å². The first-order valence-corrected chi connectivity index (χ1v) is 7.16. The molecular weight excluding hydrogens is 276 g/mol. The van der Waals surface area contributed by atoms with Crippen molar-refractivity contribution < 1.29 is 9.59 Å². The van der Waals surface area contributed by atoms with Crippen molar-refractivity contribution in [2.24, 2.45) is 0 Å². The summed E-state index contributed by atoms with van der Waals surface area (Å²) in [6.07, 6.45) is -0.181. The molecule has 4 nitrogen and oxygen atoms in total. The number of hydrogen-bond donors (Lipinski definition) is 1. The highest BCUT2D eigenvalue weighted by Gasteiger charge is 2.16. The van der Waals surface area contributed by atoms with E-state index in [-0.39, 0.29) is 18.2 Å². The number of aryl methyl sites for hydroxylation is 2. The van der Waals surface area contributed by atoms with E-state index in [0.29, 0.717) is 0 Å². The summed E-state index contributed by atoms with van der Waals surface area (Å²) in [6.45, 7) is 3.86.